The Labute approximate surface area is 72.9 Å². The first-order valence-electron chi connectivity index (χ1n) is 3.57. The van der Waals surface area contributed by atoms with Gasteiger partial charge in [0.2, 0.25) is 0 Å². The normalized spacial score (nSPS) is 9.70. The van der Waals surface area contributed by atoms with Crippen LogP contribution in [0.5, 0.6) is 0 Å². The zero-order valence-electron chi connectivity index (χ0n) is 6.18. The van der Waals surface area contributed by atoms with E-state index in [-0.39, 0.29) is 0 Å². The minimum atomic E-state index is 0.327. The summed E-state index contributed by atoms with van der Waals surface area (Å²) in [5, 5.41) is 0. The maximum atomic E-state index is 2.25. The second kappa shape index (κ2) is 4.72. The highest BCUT2D eigenvalue weighted by Gasteiger charge is 2.06. The smallest absolute Gasteiger partial charge is 0.0619 e. The quantitative estimate of drug-likeness (QED) is 0.492. The first kappa shape index (κ1) is 8.05. The molecule has 0 unspecified atom stereocenters. The van der Waals surface area contributed by atoms with Crippen molar-refractivity contribution in [2.75, 3.05) is 4.43 Å². The lowest BCUT2D eigenvalue weighted by Crippen LogP contribution is -3.62. The van der Waals surface area contributed by atoms with Gasteiger partial charge in [0, 0.05) is 0 Å². The van der Waals surface area contributed by atoms with Crippen LogP contribution in [0.2, 0.25) is 0 Å². The van der Waals surface area contributed by atoms with Crippen molar-refractivity contribution >= 4 is 0 Å². The summed E-state index contributed by atoms with van der Waals surface area (Å²) in [5.41, 5.74) is 0. The van der Waals surface area contributed by atoms with Gasteiger partial charge in [-0.05, 0) is 18.6 Å². The first-order valence-corrected chi connectivity index (χ1v) is 6.18. The third-order valence-corrected chi connectivity index (χ3v) is 4.39. The Bertz CT molecular complexity index is 169. The molecule has 0 amide bonds. The molecule has 0 fully saturated rings. The van der Waals surface area contributed by atoms with Crippen LogP contribution in [0.4, 0.5) is 0 Å². The minimum Gasteiger partial charge on any atom is -0.0619 e. The molecule has 10 heavy (non-hydrogen) atoms. The van der Waals surface area contributed by atoms with E-state index >= 15 is 0 Å². The van der Waals surface area contributed by atoms with E-state index in [0.29, 0.717) is 21.2 Å². The number of rotatable bonds is 3. The van der Waals surface area contributed by atoms with Gasteiger partial charge in [0.15, 0.2) is 3.57 Å². The van der Waals surface area contributed by atoms with Crippen molar-refractivity contribution in [3.8, 4) is 0 Å². The zero-order chi connectivity index (χ0) is 7.23. The van der Waals surface area contributed by atoms with Crippen molar-refractivity contribution in [3.63, 3.8) is 0 Å². The van der Waals surface area contributed by atoms with Gasteiger partial charge in [0.1, 0.15) is 4.43 Å². The number of benzene rings is 1. The molecule has 0 atom stereocenters. The Morgan fingerprint density at radius 3 is 2.50 bits per heavy atom. The number of alkyl halides is 1. The van der Waals surface area contributed by atoms with E-state index in [2.05, 4.69) is 37.3 Å². The van der Waals surface area contributed by atoms with Crippen molar-refractivity contribution in [1.82, 2.24) is 0 Å². The van der Waals surface area contributed by atoms with Crippen LogP contribution in [0.25, 0.3) is 0 Å². The molecule has 1 aromatic rings. The van der Waals surface area contributed by atoms with Crippen molar-refractivity contribution in [3.05, 3.63) is 33.9 Å². The summed E-state index contributed by atoms with van der Waals surface area (Å²) in [4.78, 5) is 0. The fraction of sp³-hybridized carbons (Fsp3) is 0.333. The maximum absolute atomic E-state index is 2.25. The van der Waals surface area contributed by atoms with Crippen LogP contribution in [0.15, 0.2) is 30.3 Å². The third kappa shape index (κ3) is 2.69. The molecule has 0 aliphatic heterocycles. The molecule has 0 bridgehead atoms. The Hall–Kier alpha value is -0.0500. The second-order valence-electron chi connectivity index (χ2n) is 2.12. The molecule has 0 aromatic heterocycles. The van der Waals surface area contributed by atoms with E-state index in [0.717, 1.165) is 0 Å². The topological polar surface area (TPSA) is 0 Å². The van der Waals surface area contributed by atoms with Gasteiger partial charge in [0.05, 0.1) is 0 Å². The molecule has 0 saturated heterocycles. The standard InChI is InChI=1S/C9H12I/c1-2-8-10-9-6-4-3-5-7-9/h3-7H,2,8H2,1H3/q+1. The van der Waals surface area contributed by atoms with E-state index < -0.39 is 0 Å². The van der Waals surface area contributed by atoms with E-state index in [4.69, 9.17) is 0 Å². The molecule has 0 spiro atoms. The highest BCUT2D eigenvalue weighted by atomic mass is 127. The third-order valence-electron chi connectivity index (χ3n) is 1.17. The van der Waals surface area contributed by atoms with Crippen molar-refractivity contribution in [2.24, 2.45) is 0 Å². The van der Waals surface area contributed by atoms with Gasteiger partial charge in [-0.15, -0.1) is 0 Å². The SMILES string of the molecule is CCC[I+]c1ccccc1. The highest BCUT2D eigenvalue weighted by Crippen LogP contribution is 1.81. The number of hydrogen-bond donors (Lipinski definition) is 0. The van der Waals surface area contributed by atoms with Crippen LogP contribution in [-0.2, 0) is 0 Å². The van der Waals surface area contributed by atoms with Crippen molar-refractivity contribution < 1.29 is 21.2 Å². The van der Waals surface area contributed by atoms with E-state index in [1.165, 1.54) is 10.8 Å². The van der Waals surface area contributed by atoms with Gasteiger partial charge in [0.25, 0.3) is 0 Å². The van der Waals surface area contributed by atoms with Gasteiger partial charge < -0.3 is 0 Å². The lowest BCUT2D eigenvalue weighted by atomic mass is 10.4. The molecule has 0 heterocycles. The Morgan fingerprint density at radius 2 is 1.90 bits per heavy atom. The minimum absolute atomic E-state index is 0.327. The van der Waals surface area contributed by atoms with Crippen molar-refractivity contribution in [1.29, 1.82) is 0 Å². The molecule has 0 aliphatic carbocycles. The average Bonchev–Trinajstić information content (AvgIpc) is 2.03. The van der Waals surface area contributed by atoms with E-state index in [1.54, 1.807) is 3.57 Å². The van der Waals surface area contributed by atoms with Crippen LogP contribution >= 0.6 is 0 Å². The van der Waals surface area contributed by atoms with Crippen LogP contribution in [0.1, 0.15) is 13.3 Å². The van der Waals surface area contributed by atoms with Crippen LogP contribution < -0.4 is 21.2 Å². The average molecular weight is 247 g/mol. The summed E-state index contributed by atoms with van der Waals surface area (Å²) in [6, 6.07) is 10.8. The number of halogens is 1. The zero-order valence-corrected chi connectivity index (χ0v) is 8.34. The predicted molar refractivity (Wildman–Crippen MR) is 40.3 cm³/mol. The number of hydrogen-bond acceptors (Lipinski definition) is 0. The molecular weight excluding hydrogens is 235 g/mol. The summed E-state index contributed by atoms with van der Waals surface area (Å²) >= 11 is 0.327. The summed E-state index contributed by atoms with van der Waals surface area (Å²) in [6.07, 6.45) is 1.34. The Morgan fingerprint density at radius 1 is 1.20 bits per heavy atom. The summed E-state index contributed by atoms with van der Waals surface area (Å²) in [7, 11) is 0. The lowest BCUT2D eigenvalue weighted by Gasteiger charge is -1.81. The molecule has 0 N–H and O–H groups in total. The first-order chi connectivity index (χ1) is 4.93. The van der Waals surface area contributed by atoms with Crippen molar-refractivity contribution in [2.45, 2.75) is 13.3 Å². The summed E-state index contributed by atoms with van der Waals surface area (Å²) < 4.78 is 2.99. The molecular formula is C9H12I+. The van der Waals surface area contributed by atoms with E-state index in [9.17, 15) is 0 Å². The molecule has 1 aromatic carbocycles. The maximum Gasteiger partial charge on any atom is 0.313 e. The molecule has 0 aliphatic rings. The fourth-order valence-corrected chi connectivity index (χ4v) is 2.79. The molecule has 0 nitrogen and oxygen atoms in total. The predicted octanol–water partition coefficient (Wildman–Crippen LogP) is -0.645. The summed E-state index contributed by atoms with van der Waals surface area (Å²) in [5.74, 6) is 0. The summed E-state index contributed by atoms with van der Waals surface area (Å²) in [6.45, 7) is 2.25. The Kier molecular flexibility index (Phi) is 3.80. The van der Waals surface area contributed by atoms with E-state index in [1.807, 2.05) is 0 Å². The highest BCUT2D eigenvalue weighted by molar-refractivity contribution is 4.98. The van der Waals surface area contributed by atoms with Gasteiger partial charge in [-0.1, -0.05) is 25.1 Å². The van der Waals surface area contributed by atoms with Crippen LogP contribution in [0.3, 0.4) is 0 Å². The lowest BCUT2D eigenvalue weighted by molar-refractivity contribution is -0.626. The molecule has 1 heteroatoms. The molecule has 0 saturated carbocycles. The van der Waals surface area contributed by atoms with Crippen LogP contribution in [0, 0.1) is 3.57 Å². The molecule has 0 radical (unpaired) electrons. The largest absolute Gasteiger partial charge is 0.313 e. The second-order valence-corrected chi connectivity index (χ2v) is 5.21. The monoisotopic (exact) mass is 247 g/mol. The van der Waals surface area contributed by atoms with Gasteiger partial charge in [-0.3, -0.25) is 0 Å². The van der Waals surface area contributed by atoms with Gasteiger partial charge in [-0.25, -0.2) is 0 Å². The van der Waals surface area contributed by atoms with Gasteiger partial charge in [-0.2, -0.15) is 0 Å². The van der Waals surface area contributed by atoms with Gasteiger partial charge >= 0.3 is 21.2 Å². The van der Waals surface area contributed by atoms with Crippen LogP contribution in [-0.4, -0.2) is 4.43 Å². The Balaban J connectivity index is 2.43. The fourth-order valence-electron chi connectivity index (χ4n) is 0.707. The molecule has 1 rings (SSSR count). The molecule has 54 valence electrons.